The minimum absolute atomic E-state index is 0.546. The van der Waals surface area contributed by atoms with Gasteiger partial charge in [-0.25, -0.2) is 9.37 Å². The first-order chi connectivity index (χ1) is 6.34. The molecule has 1 aromatic rings. The molecule has 1 rings (SSSR count). The number of alkyl halides is 4. The van der Waals surface area contributed by atoms with Crippen LogP contribution in [-0.2, 0) is 7.05 Å². The Bertz CT molecular complexity index is 344. The van der Waals surface area contributed by atoms with Crippen LogP contribution in [0, 0.1) is 0 Å². The number of halogens is 4. The largest absolute Gasteiger partial charge is 0.427 e. The molecule has 0 aliphatic rings. The average molecular weight is 210 g/mol. The molecule has 1 aromatic heterocycles. The summed E-state index contributed by atoms with van der Waals surface area (Å²) in [4.78, 5) is 14.2. The van der Waals surface area contributed by atoms with Crippen LogP contribution >= 0.6 is 0 Å². The highest BCUT2D eigenvalue weighted by molar-refractivity contribution is 5.96. The molecule has 0 aliphatic heterocycles. The zero-order chi connectivity index (χ0) is 10.9. The van der Waals surface area contributed by atoms with Gasteiger partial charge in [-0.05, 0) is 0 Å². The SMILES string of the molecule is Cn1ccnc1C(=O)C(F)C(F)(F)F. The summed E-state index contributed by atoms with van der Waals surface area (Å²) in [6, 6.07) is 0. The van der Waals surface area contributed by atoms with E-state index in [9.17, 15) is 22.4 Å². The molecule has 3 nitrogen and oxygen atoms in total. The van der Waals surface area contributed by atoms with Gasteiger partial charge in [0.1, 0.15) is 0 Å². The minimum atomic E-state index is -5.18. The van der Waals surface area contributed by atoms with Crippen molar-refractivity contribution in [3.8, 4) is 0 Å². The Kier molecular flexibility index (Phi) is 2.59. The number of nitrogens with zero attached hydrogens (tertiary/aromatic N) is 2. The summed E-state index contributed by atoms with van der Waals surface area (Å²) in [5.41, 5.74) is 0. The Hall–Kier alpha value is -1.40. The van der Waals surface area contributed by atoms with E-state index in [0.29, 0.717) is 0 Å². The van der Waals surface area contributed by atoms with Crippen molar-refractivity contribution in [3.05, 3.63) is 18.2 Å². The summed E-state index contributed by atoms with van der Waals surface area (Å²) < 4.78 is 48.9. The highest BCUT2D eigenvalue weighted by atomic mass is 19.4. The van der Waals surface area contributed by atoms with Gasteiger partial charge in [-0.2, -0.15) is 13.2 Å². The number of carbonyl (C=O) groups excluding carboxylic acids is 1. The molecular weight excluding hydrogens is 204 g/mol. The number of aryl methyl sites for hydroxylation is 1. The molecule has 0 aliphatic carbocycles. The Labute approximate surface area is 76.4 Å². The van der Waals surface area contributed by atoms with Crippen LogP contribution in [0.25, 0.3) is 0 Å². The molecule has 0 radical (unpaired) electrons. The van der Waals surface area contributed by atoms with Crippen LogP contribution in [0.1, 0.15) is 10.6 Å². The molecule has 7 heteroatoms. The van der Waals surface area contributed by atoms with E-state index in [1.807, 2.05) is 0 Å². The van der Waals surface area contributed by atoms with E-state index in [1.165, 1.54) is 13.2 Å². The molecule has 0 saturated heterocycles. The Morgan fingerprint density at radius 1 is 1.57 bits per heavy atom. The van der Waals surface area contributed by atoms with Gasteiger partial charge in [0, 0.05) is 19.4 Å². The number of aromatic nitrogens is 2. The maximum absolute atomic E-state index is 12.5. The minimum Gasteiger partial charge on any atom is -0.331 e. The summed E-state index contributed by atoms with van der Waals surface area (Å²) in [5, 5.41) is 0. The quantitative estimate of drug-likeness (QED) is 0.547. The van der Waals surface area contributed by atoms with Crippen molar-refractivity contribution >= 4 is 5.78 Å². The predicted molar refractivity (Wildman–Crippen MR) is 38.5 cm³/mol. The fourth-order valence-corrected chi connectivity index (χ4v) is 0.865. The van der Waals surface area contributed by atoms with Crippen LogP contribution in [0.15, 0.2) is 12.4 Å². The summed E-state index contributed by atoms with van der Waals surface area (Å²) in [7, 11) is 1.31. The third-order valence-electron chi connectivity index (χ3n) is 1.56. The van der Waals surface area contributed by atoms with E-state index in [4.69, 9.17) is 0 Å². The summed E-state index contributed by atoms with van der Waals surface area (Å²) in [5.74, 6) is -2.22. The van der Waals surface area contributed by atoms with E-state index in [-0.39, 0.29) is 0 Å². The third kappa shape index (κ3) is 1.91. The molecule has 0 saturated carbocycles. The maximum atomic E-state index is 12.5. The van der Waals surface area contributed by atoms with E-state index < -0.39 is 24.0 Å². The van der Waals surface area contributed by atoms with Gasteiger partial charge in [0.15, 0.2) is 5.82 Å². The van der Waals surface area contributed by atoms with Crippen molar-refractivity contribution < 1.29 is 22.4 Å². The normalized spacial score (nSPS) is 14.1. The average Bonchev–Trinajstić information content (AvgIpc) is 2.47. The molecule has 0 bridgehead atoms. The number of carbonyl (C=O) groups is 1. The van der Waals surface area contributed by atoms with Gasteiger partial charge in [0.05, 0.1) is 0 Å². The molecule has 1 heterocycles. The Morgan fingerprint density at radius 2 is 2.14 bits per heavy atom. The van der Waals surface area contributed by atoms with Gasteiger partial charge in [-0.3, -0.25) is 4.79 Å². The summed E-state index contributed by atoms with van der Waals surface area (Å²) >= 11 is 0. The van der Waals surface area contributed by atoms with Gasteiger partial charge in [0.25, 0.3) is 6.17 Å². The predicted octanol–water partition coefficient (Wildman–Crippen LogP) is 1.50. The van der Waals surface area contributed by atoms with E-state index in [0.717, 1.165) is 10.8 Å². The molecule has 0 amide bonds. The third-order valence-corrected chi connectivity index (χ3v) is 1.56. The highest BCUT2D eigenvalue weighted by Gasteiger charge is 2.46. The molecule has 1 atom stereocenters. The first-order valence-corrected chi connectivity index (χ1v) is 3.56. The molecular formula is C7H6F4N2O. The van der Waals surface area contributed by atoms with Crippen LogP contribution in [0.4, 0.5) is 17.6 Å². The zero-order valence-corrected chi connectivity index (χ0v) is 7.05. The van der Waals surface area contributed by atoms with Gasteiger partial charge in [0.2, 0.25) is 5.78 Å². The monoisotopic (exact) mass is 210 g/mol. The lowest BCUT2D eigenvalue weighted by Crippen LogP contribution is -2.34. The number of imidazole rings is 1. The second kappa shape index (κ2) is 3.39. The van der Waals surface area contributed by atoms with Crippen molar-refractivity contribution in [2.45, 2.75) is 12.3 Å². The second-order valence-corrected chi connectivity index (χ2v) is 2.63. The lowest BCUT2D eigenvalue weighted by Gasteiger charge is -2.10. The lowest BCUT2D eigenvalue weighted by atomic mass is 10.2. The van der Waals surface area contributed by atoms with Crippen LogP contribution in [0.2, 0.25) is 0 Å². The number of hydrogen-bond acceptors (Lipinski definition) is 2. The van der Waals surface area contributed by atoms with Crippen molar-refractivity contribution in [2.75, 3.05) is 0 Å². The maximum Gasteiger partial charge on any atom is 0.427 e. The molecule has 0 fully saturated rings. The molecule has 78 valence electrons. The number of ketones is 1. The highest BCUT2D eigenvalue weighted by Crippen LogP contribution is 2.25. The fraction of sp³-hybridized carbons (Fsp3) is 0.429. The van der Waals surface area contributed by atoms with Crippen LogP contribution < -0.4 is 0 Å². The first-order valence-electron chi connectivity index (χ1n) is 3.56. The number of rotatable bonds is 2. The zero-order valence-electron chi connectivity index (χ0n) is 7.05. The molecule has 0 N–H and O–H groups in total. The Balaban J connectivity index is 2.92. The number of Topliss-reactive ketones (excluding diaryl/α,β-unsaturated/α-hetero) is 1. The molecule has 0 spiro atoms. The van der Waals surface area contributed by atoms with Gasteiger partial charge in [-0.15, -0.1) is 0 Å². The summed E-state index contributed by atoms with van der Waals surface area (Å²) in [6.45, 7) is 0. The van der Waals surface area contributed by atoms with Crippen LogP contribution in [0.3, 0.4) is 0 Å². The standard InChI is InChI=1S/C7H6F4N2O/c1-13-3-2-12-6(13)4(14)5(8)7(9,10)11/h2-3,5H,1H3. The Morgan fingerprint density at radius 3 is 2.50 bits per heavy atom. The van der Waals surface area contributed by atoms with Crippen molar-refractivity contribution in [1.29, 1.82) is 0 Å². The lowest BCUT2D eigenvalue weighted by molar-refractivity contribution is -0.166. The van der Waals surface area contributed by atoms with E-state index in [1.54, 1.807) is 0 Å². The van der Waals surface area contributed by atoms with Crippen LogP contribution in [0.5, 0.6) is 0 Å². The first kappa shape index (κ1) is 10.7. The topological polar surface area (TPSA) is 34.9 Å². The van der Waals surface area contributed by atoms with Crippen LogP contribution in [-0.4, -0.2) is 27.7 Å². The molecule has 1 unspecified atom stereocenters. The van der Waals surface area contributed by atoms with E-state index in [2.05, 4.69) is 4.98 Å². The smallest absolute Gasteiger partial charge is 0.331 e. The molecule has 0 aromatic carbocycles. The van der Waals surface area contributed by atoms with E-state index >= 15 is 0 Å². The molecule has 14 heavy (non-hydrogen) atoms. The van der Waals surface area contributed by atoms with Gasteiger partial charge < -0.3 is 4.57 Å². The second-order valence-electron chi connectivity index (χ2n) is 2.63. The van der Waals surface area contributed by atoms with Crippen molar-refractivity contribution in [1.82, 2.24) is 9.55 Å². The summed E-state index contributed by atoms with van der Waals surface area (Å²) in [6.07, 6.45) is -6.31. The van der Waals surface area contributed by atoms with Gasteiger partial charge in [-0.1, -0.05) is 0 Å². The van der Waals surface area contributed by atoms with Crippen molar-refractivity contribution in [3.63, 3.8) is 0 Å². The fourth-order valence-electron chi connectivity index (χ4n) is 0.865. The van der Waals surface area contributed by atoms with Crippen molar-refractivity contribution in [2.24, 2.45) is 7.05 Å². The number of hydrogen-bond donors (Lipinski definition) is 0. The van der Waals surface area contributed by atoms with Gasteiger partial charge >= 0.3 is 6.18 Å².